The van der Waals surface area contributed by atoms with E-state index in [0.29, 0.717) is 17.0 Å². The molecule has 9 heteroatoms. The minimum absolute atomic E-state index is 0.136. The monoisotopic (exact) mass is 509 g/mol. The van der Waals surface area contributed by atoms with E-state index in [0.717, 1.165) is 4.90 Å². The first-order valence-corrected chi connectivity index (χ1v) is 11.8. The van der Waals surface area contributed by atoms with Crippen LogP contribution >= 0.6 is 0 Å². The Morgan fingerprint density at radius 2 is 1.70 bits per heavy atom. The van der Waals surface area contributed by atoms with Crippen LogP contribution < -0.4 is 15.4 Å². The number of hydrogen-bond donors (Lipinski definition) is 3. The Morgan fingerprint density at radius 1 is 1.08 bits per heavy atom. The van der Waals surface area contributed by atoms with E-state index in [9.17, 15) is 19.5 Å². The molecule has 3 N–H and O–H groups in total. The summed E-state index contributed by atoms with van der Waals surface area (Å²) in [5.74, 6) is -1.34. The van der Waals surface area contributed by atoms with Crippen LogP contribution in [0.1, 0.15) is 51.8 Å². The Kier molecular flexibility index (Phi) is 9.55. The summed E-state index contributed by atoms with van der Waals surface area (Å²) < 4.78 is 10.5. The van der Waals surface area contributed by atoms with Crippen molar-refractivity contribution in [1.82, 2.24) is 10.2 Å². The largest absolute Gasteiger partial charge is 0.507 e. The summed E-state index contributed by atoms with van der Waals surface area (Å²) in [6.45, 7) is 10.2. The maximum absolute atomic E-state index is 13.7. The van der Waals surface area contributed by atoms with Gasteiger partial charge in [-0.25, -0.2) is 4.79 Å². The average molecular weight is 510 g/mol. The number of alkyl carbamates (subject to hydrolysis) is 1. The van der Waals surface area contributed by atoms with E-state index >= 15 is 0 Å². The van der Waals surface area contributed by atoms with Crippen LogP contribution in [-0.2, 0) is 14.3 Å². The molecule has 2 aromatic carbocycles. The summed E-state index contributed by atoms with van der Waals surface area (Å²) in [7, 11) is 1.52. The molecule has 0 saturated heterocycles. The molecule has 0 bridgehead atoms. The molecular weight excluding hydrogens is 474 g/mol. The second-order valence-corrected chi connectivity index (χ2v) is 9.84. The lowest BCUT2D eigenvalue weighted by atomic mass is 9.97. The minimum Gasteiger partial charge on any atom is -0.507 e. The van der Waals surface area contributed by atoms with Crippen LogP contribution in [0.2, 0.25) is 0 Å². The van der Waals surface area contributed by atoms with Crippen LogP contribution in [0.25, 0.3) is 0 Å². The van der Waals surface area contributed by atoms with Gasteiger partial charge in [0, 0.05) is 17.3 Å². The number of aromatic hydroxyl groups is 1. The number of benzene rings is 2. The smallest absolute Gasteiger partial charge is 0.408 e. The quantitative estimate of drug-likeness (QED) is 0.360. The van der Waals surface area contributed by atoms with Gasteiger partial charge in [-0.05, 0) is 63.4 Å². The second kappa shape index (κ2) is 12.2. The highest BCUT2D eigenvalue weighted by atomic mass is 16.6. The molecule has 0 aliphatic heterocycles. The second-order valence-electron chi connectivity index (χ2n) is 9.84. The Balaban J connectivity index is 2.49. The van der Waals surface area contributed by atoms with E-state index in [1.165, 1.54) is 13.2 Å². The number of phenols is 1. The number of aryl methyl sites for hydroxylation is 1. The van der Waals surface area contributed by atoms with Crippen molar-refractivity contribution in [3.8, 4) is 24.0 Å². The molecule has 0 aliphatic rings. The number of nitrogens with one attached hydrogen (secondary N) is 2. The highest BCUT2D eigenvalue weighted by Gasteiger charge is 2.38. The molecule has 2 rings (SSSR count). The van der Waals surface area contributed by atoms with Crippen LogP contribution in [0.3, 0.4) is 0 Å². The molecule has 0 fully saturated rings. The number of anilines is 1. The normalized spacial score (nSPS) is 12.6. The van der Waals surface area contributed by atoms with Crippen LogP contribution in [0.5, 0.6) is 11.5 Å². The predicted octanol–water partition coefficient (Wildman–Crippen LogP) is 4.36. The zero-order valence-electron chi connectivity index (χ0n) is 22.3. The van der Waals surface area contributed by atoms with Gasteiger partial charge in [-0.2, -0.15) is 0 Å². The average Bonchev–Trinajstić information content (AvgIpc) is 2.81. The summed E-state index contributed by atoms with van der Waals surface area (Å²) in [5.41, 5.74) is 0.280. The number of carbonyl (C=O) groups excluding carboxylic acids is 3. The van der Waals surface area contributed by atoms with Gasteiger partial charge in [0.25, 0.3) is 11.8 Å². The van der Waals surface area contributed by atoms with Gasteiger partial charge in [0.1, 0.15) is 23.1 Å². The van der Waals surface area contributed by atoms with Crippen molar-refractivity contribution in [2.45, 2.75) is 59.2 Å². The number of carbonyl (C=O) groups is 3. The van der Waals surface area contributed by atoms with Gasteiger partial charge >= 0.3 is 6.09 Å². The number of rotatable bonds is 8. The zero-order chi connectivity index (χ0) is 27.9. The molecular formula is C28H35N3O6. The van der Waals surface area contributed by atoms with Crippen molar-refractivity contribution < 1.29 is 29.0 Å². The van der Waals surface area contributed by atoms with E-state index in [-0.39, 0.29) is 11.3 Å². The third-order valence-corrected chi connectivity index (χ3v) is 5.41. The van der Waals surface area contributed by atoms with Crippen LogP contribution in [0.4, 0.5) is 10.5 Å². The molecule has 2 atom stereocenters. The standard InChI is InChI=1S/C28H35N3O6/c1-9-31(26(34)22(17(2)3)30-27(35)37-28(5,6)7)23(21-12-10-11-18(4)24(21)32)25(33)29-19-13-15-20(36-8)16-14-19/h1,10-17,22-23,32H,2-8H3,(H,29,33)(H,30,35). The Labute approximate surface area is 218 Å². The summed E-state index contributed by atoms with van der Waals surface area (Å²) in [4.78, 5) is 40.6. The third-order valence-electron chi connectivity index (χ3n) is 5.41. The van der Waals surface area contributed by atoms with Gasteiger partial charge in [0.05, 0.1) is 7.11 Å². The Hall–Kier alpha value is -4.19. The van der Waals surface area contributed by atoms with Crippen LogP contribution in [0, 0.1) is 25.3 Å². The van der Waals surface area contributed by atoms with Gasteiger partial charge < -0.3 is 25.2 Å². The first-order chi connectivity index (χ1) is 17.3. The molecule has 2 aromatic rings. The first kappa shape index (κ1) is 29.0. The van der Waals surface area contributed by atoms with E-state index in [4.69, 9.17) is 15.9 Å². The molecule has 37 heavy (non-hydrogen) atoms. The molecule has 0 radical (unpaired) electrons. The summed E-state index contributed by atoms with van der Waals surface area (Å²) in [6.07, 6.45) is 4.98. The van der Waals surface area contributed by atoms with Gasteiger partial charge in [0.2, 0.25) is 0 Å². The van der Waals surface area contributed by atoms with Crippen LogP contribution in [0.15, 0.2) is 42.5 Å². The molecule has 0 spiro atoms. The fourth-order valence-corrected chi connectivity index (χ4v) is 3.55. The summed E-state index contributed by atoms with van der Waals surface area (Å²) in [6, 6.07) is 11.2. The lowest BCUT2D eigenvalue weighted by molar-refractivity contribution is -0.137. The maximum atomic E-state index is 13.7. The number of amides is 3. The number of para-hydroxylation sites is 1. The van der Waals surface area contributed by atoms with E-state index < -0.39 is 41.5 Å². The SMILES string of the molecule is C#CN(C(=O)C(NC(=O)OC(C)(C)C)C(C)C)C(C(=O)Nc1ccc(OC)cc1)c1cccc(C)c1O. The third kappa shape index (κ3) is 7.64. The molecule has 0 aliphatic carbocycles. The lowest BCUT2D eigenvalue weighted by Crippen LogP contribution is -2.53. The van der Waals surface area contributed by atoms with E-state index in [1.54, 1.807) is 77.9 Å². The molecule has 198 valence electrons. The molecule has 0 aromatic heterocycles. The number of terminal acetylenes is 1. The van der Waals surface area contributed by atoms with E-state index in [1.807, 2.05) is 0 Å². The highest BCUT2D eigenvalue weighted by molar-refractivity contribution is 6.00. The predicted molar refractivity (Wildman–Crippen MR) is 141 cm³/mol. The van der Waals surface area contributed by atoms with Crippen molar-refractivity contribution in [2.24, 2.45) is 5.92 Å². The van der Waals surface area contributed by atoms with Gasteiger partial charge in [-0.3, -0.25) is 14.5 Å². The fourth-order valence-electron chi connectivity index (χ4n) is 3.55. The van der Waals surface area contributed by atoms with Gasteiger partial charge in [0.15, 0.2) is 6.04 Å². The molecule has 0 saturated carbocycles. The van der Waals surface area contributed by atoms with Crippen molar-refractivity contribution in [1.29, 1.82) is 0 Å². The number of phenolic OH excluding ortho intramolecular Hbond substituents is 1. The number of ether oxygens (including phenoxy) is 2. The summed E-state index contributed by atoms with van der Waals surface area (Å²) in [5, 5.41) is 16.1. The first-order valence-electron chi connectivity index (χ1n) is 11.8. The van der Waals surface area contributed by atoms with Gasteiger partial charge in [-0.15, -0.1) is 0 Å². The topological polar surface area (TPSA) is 117 Å². The van der Waals surface area contributed by atoms with Crippen LogP contribution in [-0.4, -0.2) is 46.7 Å². The molecule has 2 unspecified atom stereocenters. The molecule has 3 amide bonds. The molecule has 0 heterocycles. The molecule has 9 nitrogen and oxygen atoms in total. The number of hydrogen-bond acceptors (Lipinski definition) is 6. The van der Waals surface area contributed by atoms with E-state index in [2.05, 4.69) is 16.7 Å². The summed E-state index contributed by atoms with van der Waals surface area (Å²) >= 11 is 0. The highest BCUT2D eigenvalue weighted by Crippen LogP contribution is 2.33. The van der Waals surface area contributed by atoms with Crippen molar-refractivity contribution in [3.63, 3.8) is 0 Å². The fraction of sp³-hybridized carbons (Fsp3) is 0.393. The number of nitrogens with zero attached hydrogens (tertiary/aromatic N) is 1. The van der Waals surface area contributed by atoms with Crippen molar-refractivity contribution >= 4 is 23.6 Å². The Bertz CT molecular complexity index is 1160. The lowest BCUT2D eigenvalue weighted by Gasteiger charge is -2.32. The zero-order valence-corrected chi connectivity index (χ0v) is 22.3. The maximum Gasteiger partial charge on any atom is 0.408 e. The minimum atomic E-state index is -1.40. The number of methoxy groups -OCH3 is 1. The van der Waals surface area contributed by atoms with Crippen molar-refractivity contribution in [2.75, 3.05) is 12.4 Å². The van der Waals surface area contributed by atoms with Gasteiger partial charge in [-0.1, -0.05) is 38.5 Å². The Morgan fingerprint density at radius 3 is 2.22 bits per heavy atom. The van der Waals surface area contributed by atoms with Crippen molar-refractivity contribution in [3.05, 3.63) is 53.6 Å².